The van der Waals surface area contributed by atoms with Gasteiger partial charge in [0.15, 0.2) is 11.5 Å². The molecule has 0 radical (unpaired) electrons. The summed E-state index contributed by atoms with van der Waals surface area (Å²) in [5.41, 5.74) is 2.30. The number of carbonyl (C=O) groups excluding carboxylic acids is 1. The molecule has 1 amide bonds. The van der Waals surface area contributed by atoms with E-state index in [4.69, 9.17) is 14.2 Å². The molecule has 31 heavy (non-hydrogen) atoms. The summed E-state index contributed by atoms with van der Waals surface area (Å²) in [4.78, 5) is 15.0. The Morgan fingerprint density at radius 1 is 1.00 bits per heavy atom. The first-order valence-corrected chi connectivity index (χ1v) is 11.0. The highest BCUT2D eigenvalue weighted by Crippen LogP contribution is 2.38. The second-order valence-electron chi connectivity index (χ2n) is 7.94. The van der Waals surface area contributed by atoms with Crippen molar-refractivity contribution in [3.63, 3.8) is 0 Å². The fraction of sp³-hybridized carbons (Fsp3) is 0.480. The van der Waals surface area contributed by atoms with Crippen LogP contribution < -0.4 is 19.5 Å². The molecule has 0 spiro atoms. The molecule has 6 nitrogen and oxygen atoms in total. The van der Waals surface area contributed by atoms with Crippen LogP contribution in [0, 0.1) is 0 Å². The largest absolute Gasteiger partial charge is 0.493 e. The van der Waals surface area contributed by atoms with E-state index in [1.165, 1.54) is 18.4 Å². The Labute approximate surface area is 185 Å². The molecule has 2 aromatic rings. The highest BCUT2D eigenvalue weighted by Gasteiger charge is 2.23. The minimum Gasteiger partial charge on any atom is -0.493 e. The number of hydrogen-bond acceptors (Lipinski definition) is 5. The number of ether oxygens (including phenoxy) is 3. The zero-order valence-corrected chi connectivity index (χ0v) is 18.9. The lowest BCUT2D eigenvalue weighted by atomic mass is 10.0. The van der Waals surface area contributed by atoms with Crippen molar-refractivity contribution in [1.29, 1.82) is 0 Å². The van der Waals surface area contributed by atoms with E-state index in [-0.39, 0.29) is 5.91 Å². The Morgan fingerprint density at radius 2 is 1.71 bits per heavy atom. The number of piperidine rings is 1. The van der Waals surface area contributed by atoms with E-state index in [2.05, 4.69) is 34.5 Å². The molecule has 1 unspecified atom stereocenters. The van der Waals surface area contributed by atoms with Gasteiger partial charge in [0, 0.05) is 25.6 Å². The first-order chi connectivity index (χ1) is 15.1. The number of hydrogen-bond donors (Lipinski definition) is 1. The fourth-order valence-electron chi connectivity index (χ4n) is 4.17. The van der Waals surface area contributed by atoms with E-state index < -0.39 is 0 Å². The molecule has 6 heteroatoms. The maximum atomic E-state index is 12.5. The smallest absolute Gasteiger partial charge is 0.220 e. The Balaban J connectivity index is 1.52. The summed E-state index contributed by atoms with van der Waals surface area (Å²) in [5, 5.41) is 3.15. The summed E-state index contributed by atoms with van der Waals surface area (Å²) in [5.74, 6) is 1.85. The van der Waals surface area contributed by atoms with E-state index in [1.807, 2.05) is 18.2 Å². The van der Waals surface area contributed by atoms with E-state index in [1.54, 1.807) is 21.3 Å². The number of amides is 1. The SMILES string of the molecule is COc1cc(CCC(=O)NCC2CCCCN2Cc2ccccc2)cc(OC)c1OC. The monoisotopic (exact) mass is 426 g/mol. The number of benzene rings is 2. The molecule has 168 valence electrons. The maximum absolute atomic E-state index is 12.5. The molecule has 1 aliphatic heterocycles. The van der Waals surface area contributed by atoms with Crippen molar-refractivity contribution in [1.82, 2.24) is 10.2 Å². The van der Waals surface area contributed by atoms with Gasteiger partial charge in [-0.25, -0.2) is 0 Å². The third-order valence-electron chi connectivity index (χ3n) is 5.88. The Morgan fingerprint density at radius 3 is 2.35 bits per heavy atom. The van der Waals surface area contributed by atoms with Gasteiger partial charge in [0.25, 0.3) is 0 Å². The van der Waals surface area contributed by atoms with Gasteiger partial charge in [0.05, 0.1) is 21.3 Å². The lowest BCUT2D eigenvalue weighted by Crippen LogP contribution is -2.46. The average molecular weight is 427 g/mol. The third-order valence-corrected chi connectivity index (χ3v) is 5.88. The summed E-state index contributed by atoms with van der Waals surface area (Å²) in [6.45, 7) is 2.72. The van der Waals surface area contributed by atoms with Crippen LogP contribution in [0.2, 0.25) is 0 Å². The first-order valence-electron chi connectivity index (χ1n) is 11.0. The van der Waals surface area contributed by atoms with Gasteiger partial charge in [-0.2, -0.15) is 0 Å². The van der Waals surface area contributed by atoms with E-state index >= 15 is 0 Å². The lowest BCUT2D eigenvalue weighted by Gasteiger charge is -2.36. The van der Waals surface area contributed by atoms with Crippen LogP contribution >= 0.6 is 0 Å². The molecule has 0 saturated carbocycles. The van der Waals surface area contributed by atoms with Crippen molar-refractivity contribution < 1.29 is 19.0 Å². The second kappa shape index (κ2) is 11.6. The molecular formula is C25H34N2O4. The van der Waals surface area contributed by atoms with Crippen molar-refractivity contribution in [2.75, 3.05) is 34.4 Å². The number of carbonyl (C=O) groups is 1. The summed E-state index contributed by atoms with van der Waals surface area (Å²) in [7, 11) is 4.78. The van der Waals surface area contributed by atoms with E-state index in [0.717, 1.165) is 25.1 Å². The van der Waals surface area contributed by atoms with Gasteiger partial charge < -0.3 is 19.5 Å². The van der Waals surface area contributed by atoms with Crippen molar-refractivity contribution in [2.45, 2.75) is 44.7 Å². The molecule has 0 bridgehead atoms. The zero-order chi connectivity index (χ0) is 22.1. The number of rotatable bonds is 10. The molecule has 1 N–H and O–H groups in total. The van der Waals surface area contributed by atoms with E-state index in [9.17, 15) is 4.79 Å². The molecule has 0 aliphatic carbocycles. The third kappa shape index (κ3) is 6.37. The molecule has 2 aromatic carbocycles. The molecule has 1 atom stereocenters. The van der Waals surface area contributed by atoms with Gasteiger partial charge in [0.2, 0.25) is 11.7 Å². The molecular weight excluding hydrogens is 392 g/mol. The lowest BCUT2D eigenvalue weighted by molar-refractivity contribution is -0.121. The van der Waals surface area contributed by atoms with Gasteiger partial charge in [0.1, 0.15) is 0 Å². The highest BCUT2D eigenvalue weighted by molar-refractivity contribution is 5.76. The van der Waals surface area contributed by atoms with Crippen LogP contribution in [0.1, 0.15) is 36.8 Å². The Kier molecular flexibility index (Phi) is 8.59. The summed E-state index contributed by atoms with van der Waals surface area (Å²) >= 11 is 0. The number of nitrogens with one attached hydrogen (secondary N) is 1. The summed E-state index contributed by atoms with van der Waals surface area (Å²) in [6, 6.07) is 14.7. The van der Waals surface area contributed by atoms with Gasteiger partial charge in [-0.1, -0.05) is 36.8 Å². The van der Waals surface area contributed by atoms with Crippen LogP contribution in [0.25, 0.3) is 0 Å². The summed E-state index contributed by atoms with van der Waals surface area (Å²) in [6.07, 6.45) is 4.60. The zero-order valence-electron chi connectivity index (χ0n) is 18.9. The van der Waals surface area contributed by atoms with Crippen LogP contribution in [-0.2, 0) is 17.8 Å². The van der Waals surface area contributed by atoms with Crippen LogP contribution in [0.3, 0.4) is 0 Å². The first kappa shape index (κ1) is 22.9. The van der Waals surface area contributed by atoms with Crippen LogP contribution in [0.5, 0.6) is 17.2 Å². The predicted octanol–water partition coefficient (Wildman–Crippen LogP) is 3.82. The molecule has 1 fully saturated rings. The topological polar surface area (TPSA) is 60.0 Å². The maximum Gasteiger partial charge on any atom is 0.220 e. The van der Waals surface area contributed by atoms with Gasteiger partial charge in [-0.15, -0.1) is 0 Å². The summed E-state index contributed by atoms with van der Waals surface area (Å²) < 4.78 is 16.2. The van der Waals surface area contributed by atoms with Crippen molar-refractivity contribution in [3.8, 4) is 17.2 Å². The molecule has 0 aromatic heterocycles. The minimum absolute atomic E-state index is 0.0685. The van der Waals surface area contributed by atoms with Crippen molar-refractivity contribution >= 4 is 5.91 Å². The van der Waals surface area contributed by atoms with Crippen LogP contribution in [0.4, 0.5) is 0 Å². The molecule has 1 saturated heterocycles. The van der Waals surface area contributed by atoms with Crippen molar-refractivity contribution in [3.05, 3.63) is 53.6 Å². The minimum atomic E-state index is 0.0685. The quantitative estimate of drug-likeness (QED) is 0.626. The Bertz CT molecular complexity index is 816. The van der Waals surface area contributed by atoms with Gasteiger partial charge in [-0.05, 0) is 49.1 Å². The molecule has 3 rings (SSSR count). The van der Waals surface area contributed by atoms with Crippen molar-refractivity contribution in [2.24, 2.45) is 0 Å². The van der Waals surface area contributed by atoms with Gasteiger partial charge >= 0.3 is 0 Å². The number of methoxy groups -OCH3 is 3. The fourth-order valence-corrected chi connectivity index (χ4v) is 4.17. The number of nitrogens with zero attached hydrogens (tertiary/aromatic N) is 1. The number of aryl methyl sites for hydroxylation is 1. The Hall–Kier alpha value is -2.73. The van der Waals surface area contributed by atoms with Gasteiger partial charge in [-0.3, -0.25) is 9.69 Å². The number of likely N-dealkylation sites (tertiary alicyclic amines) is 1. The van der Waals surface area contributed by atoms with Crippen LogP contribution in [-0.4, -0.2) is 51.3 Å². The standard InChI is InChI=1S/C25H34N2O4/c1-29-22-15-20(16-23(30-2)25(22)31-3)12-13-24(28)26-17-21-11-7-8-14-27(21)18-19-9-5-4-6-10-19/h4-6,9-10,15-16,21H,7-8,11-14,17-18H2,1-3H3,(H,26,28). The normalized spacial score (nSPS) is 16.5. The van der Waals surface area contributed by atoms with E-state index in [0.29, 0.717) is 42.7 Å². The average Bonchev–Trinajstić information content (AvgIpc) is 2.82. The van der Waals surface area contributed by atoms with Crippen LogP contribution in [0.15, 0.2) is 42.5 Å². The second-order valence-corrected chi connectivity index (χ2v) is 7.94. The molecule has 1 heterocycles. The highest BCUT2D eigenvalue weighted by atomic mass is 16.5. The molecule has 1 aliphatic rings. The predicted molar refractivity (Wildman–Crippen MR) is 122 cm³/mol.